The summed E-state index contributed by atoms with van der Waals surface area (Å²) >= 11 is 0. The van der Waals surface area contributed by atoms with Gasteiger partial charge < -0.3 is 5.32 Å². The van der Waals surface area contributed by atoms with Gasteiger partial charge >= 0.3 is 0 Å². The van der Waals surface area contributed by atoms with E-state index in [-0.39, 0.29) is 5.91 Å². The molecule has 0 atom stereocenters. The van der Waals surface area contributed by atoms with Crippen molar-refractivity contribution in [3.05, 3.63) is 23.3 Å². The quantitative estimate of drug-likeness (QED) is 0.844. The Labute approximate surface area is 96.5 Å². The Morgan fingerprint density at radius 2 is 2.12 bits per heavy atom. The van der Waals surface area contributed by atoms with Gasteiger partial charge in [0.05, 0.1) is 11.3 Å². The molecular formula is C12H19N3O. The average molecular weight is 221 g/mol. The molecule has 0 aliphatic carbocycles. The van der Waals surface area contributed by atoms with Gasteiger partial charge in [-0.3, -0.25) is 4.79 Å². The minimum Gasteiger partial charge on any atom is -0.352 e. The highest BCUT2D eigenvalue weighted by Gasteiger charge is 2.10. The summed E-state index contributed by atoms with van der Waals surface area (Å²) in [5, 5.41) is 2.87. The SMILES string of the molecule is Cc1ncc(C(=O)NCCC(C)C)c(C)n1. The van der Waals surface area contributed by atoms with Crippen molar-refractivity contribution in [3.63, 3.8) is 0 Å². The van der Waals surface area contributed by atoms with Gasteiger partial charge in [0.2, 0.25) is 0 Å². The summed E-state index contributed by atoms with van der Waals surface area (Å²) < 4.78 is 0. The molecule has 1 amide bonds. The van der Waals surface area contributed by atoms with E-state index in [1.165, 1.54) is 0 Å². The molecule has 1 heterocycles. The van der Waals surface area contributed by atoms with Crippen molar-refractivity contribution in [2.24, 2.45) is 5.92 Å². The van der Waals surface area contributed by atoms with E-state index in [0.29, 0.717) is 23.9 Å². The van der Waals surface area contributed by atoms with Crippen molar-refractivity contribution in [1.82, 2.24) is 15.3 Å². The van der Waals surface area contributed by atoms with Crippen LogP contribution in [-0.2, 0) is 0 Å². The summed E-state index contributed by atoms with van der Waals surface area (Å²) in [5.41, 5.74) is 1.30. The zero-order valence-corrected chi connectivity index (χ0v) is 10.4. The maximum absolute atomic E-state index is 11.8. The predicted molar refractivity (Wildman–Crippen MR) is 63.3 cm³/mol. The van der Waals surface area contributed by atoms with E-state index in [4.69, 9.17) is 0 Å². The summed E-state index contributed by atoms with van der Waals surface area (Å²) in [6, 6.07) is 0. The lowest BCUT2D eigenvalue weighted by atomic mass is 10.1. The fourth-order valence-electron chi connectivity index (χ4n) is 1.38. The molecule has 1 aromatic heterocycles. The van der Waals surface area contributed by atoms with E-state index in [0.717, 1.165) is 12.1 Å². The van der Waals surface area contributed by atoms with Crippen LogP contribution in [0.15, 0.2) is 6.20 Å². The van der Waals surface area contributed by atoms with Crippen LogP contribution < -0.4 is 5.32 Å². The molecule has 0 fully saturated rings. The number of hydrogen-bond donors (Lipinski definition) is 1. The Hall–Kier alpha value is -1.45. The Kier molecular flexibility index (Phi) is 4.40. The van der Waals surface area contributed by atoms with E-state index >= 15 is 0 Å². The van der Waals surface area contributed by atoms with E-state index in [1.807, 2.05) is 13.8 Å². The Morgan fingerprint density at radius 1 is 1.44 bits per heavy atom. The monoisotopic (exact) mass is 221 g/mol. The highest BCUT2D eigenvalue weighted by Crippen LogP contribution is 2.04. The number of aromatic nitrogens is 2. The molecular weight excluding hydrogens is 202 g/mol. The molecule has 1 aromatic rings. The van der Waals surface area contributed by atoms with Crippen molar-refractivity contribution in [3.8, 4) is 0 Å². The summed E-state index contributed by atoms with van der Waals surface area (Å²) in [6.45, 7) is 8.60. The third-order valence-electron chi connectivity index (χ3n) is 2.35. The molecule has 0 unspecified atom stereocenters. The van der Waals surface area contributed by atoms with Crippen LogP contribution in [0.4, 0.5) is 0 Å². The van der Waals surface area contributed by atoms with Gasteiger partial charge in [-0.15, -0.1) is 0 Å². The molecule has 0 saturated carbocycles. The van der Waals surface area contributed by atoms with Crippen molar-refractivity contribution < 1.29 is 4.79 Å². The Bertz CT molecular complexity index is 375. The van der Waals surface area contributed by atoms with Gasteiger partial charge in [0, 0.05) is 12.7 Å². The second-order valence-electron chi connectivity index (χ2n) is 4.35. The number of rotatable bonds is 4. The molecule has 4 heteroatoms. The number of hydrogen-bond acceptors (Lipinski definition) is 3. The molecule has 4 nitrogen and oxygen atoms in total. The van der Waals surface area contributed by atoms with Gasteiger partial charge in [-0.05, 0) is 26.2 Å². The smallest absolute Gasteiger partial charge is 0.254 e. The van der Waals surface area contributed by atoms with Crippen LogP contribution in [0.3, 0.4) is 0 Å². The van der Waals surface area contributed by atoms with Crippen LogP contribution in [0.25, 0.3) is 0 Å². The first-order valence-corrected chi connectivity index (χ1v) is 5.59. The van der Waals surface area contributed by atoms with Crippen molar-refractivity contribution in [2.75, 3.05) is 6.54 Å². The molecule has 0 radical (unpaired) electrons. The van der Waals surface area contributed by atoms with Crippen molar-refractivity contribution in [2.45, 2.75) is 34.1 Å². The molecule has 0 aliphatic rings. The normalized spacial score (nSPS) is 10.6. The maximum Gasteiger partial charge on any atom is 0.254 e. The number of nitrogens with zero attached hydrogens (tertiary/aromatic N) is 2. The summed E-state index contributed by atoms with van der Waals surface area (Å²) in [7, 11) is 0. The van der Waals surface area contributed by atoms with Gasteiger partial charge in [-0.2, -0.15) is 0 Å². The van der Waals surface area contributed by atoms with E-state index in [9.17, 15) is 4.79 Å². The molecule has 0 aliphatic heterocycles. The molecule has 0 aromatic carbocycles. The molecule has 1 N–H and O–H groups in total. The number of aryl methyl sites for hydroxylation is 2. The second-order valence-corrected chi connectivity index (χ2v) is 4.35. The second kappa shape index (κ2) is 5.58. The highest BCUT2D eigenvalue weighted by atomic mass is 16.1. The number of carbonyl (C=O) groups excluding carboxylic acids is 1. The van der Waals surface area contributed by atoms with Crippen LogP contribution in [0.2, 0.25) is 0 Å². The molecule has 0 saturated heterocycles. The zero-order chi connectivity index (χ0) is 12.1. The minimum absolute atomic E-state index is 0.0850. The lowest BCUT2D eigenvalue weighted by Gasteiger charge is -2.08. The Morgan fingerprint density at radius 3 is 2.69 bits per heavy atom. The van der Waals surface area contributed by atoms with Crippen LogP contribution in [0, 0.1) is 19.8 Å². The summed E-state index contributed by atoms with van der Waals surface area (Å²) in [4.78, 5) is 20.0. The van der Waals surface area contributed by atoms with Gasteiger partial charge in [-0.1, -0.05) is 13.8 Å². The first-order chi connectivity index (χ1) is 7.50. The highest BCUT2D eigenvalue weighted by molar-refractivity contribution is 5.94. The first-order valence-electron chi connectivity index (χ1n) is 5.59. The number of amides is 1. The van der Waals surface area contributed by atoms with Crippen LogP contribution in [0.5, 0.6) is 0 Å². The number of nitrogens with one attached hydrogen (secondary N) is 1. The summed E-state index contributed by atoms with van der Waals surface area (Å²) in [6.07, 6.45) is 2.57. The third kappa shape index (κ3) is 3.61. The topological polar surface area (TPSA) is 54.9 Å². The van der Waals surface area contributed by atoms with Gasteiger partial charge in [0.25, 0.3) is 5.91 Å². The van der Waals surface area contributed by atoms with Gasteiger partial charge in [0.15, 0.2) is 0 Å². The van der Waals surface area contributed by atoms with E-state index in [1.54, 1.807) is 6.20 Å². The predicted octanol–water partition coefficient (Wildman–Crippen LogP) is 1.87. The van der Waals surface area contributed by atoms with E-state index in [2.05, 4.69) is 29.1 Å². The lowest BCUT2D eigenvalue weighted by Crippen LogP contribution is -2.26. The first kappa shape index (κ1) is 12.6. The molecule has 16 heavy (non-hydrogen) atoms. The Balaban J connectivity index is 2.59. The minimum atomic E-state index is -0.0850. The lowest BCUT2D eigenvalue weighted by molar-refractivity contribution is 0.0950. The largest absolute Gasteiger partial charge is 0.352 e. The van der Waals surface area contributed by atoms with E-state index < -0.39 is 0 Å². The molecule has 0 bridgehead atoms. The standard InChI is InChI=1S/C12H19N3O/c1-8(2)5-6-13-12(16)11-7-14-10(4)15-9(11)3/h7-8H,5-6H2,1-4H3,(H,13,16). The zero-order valence-electron chi connectivity index (χ0n) is 10.4. The maximum atomic E-state index is 11.8. The van der Waals surface area contributed by atoms with Crippen LogP contribution in [-0.4, -0.2) is 22.4 Å². The fraction of sp³-hybridized carbons (Fsp3) is 0.583. The van der Waals surface area contributed by atoms with Crippen LogP contribution >= 0.6 is 0 Å². The summed E-state index contributed by atoms with van der Waals surface area (Å²) in [5.74, 6) is 1.20. The third-order valence-corrected chi connectivity index (χ3v) is 2.35. The molecule has 1 rings (SSSR count). The molecule has 88 valence electrons. The molecule has 0 spiro atoms. The van der Waals surface area contributed by atoms with Gasteiger partial charge in [0.1, 0.15) is 5.82 Å². The average Bonchev–Trinajstić information content (AvgIpc) is 2.16. The van der Waals surface area contributed by atoms with Crippen molar-refractivity contribution >= 4 is 5.91 Å². The van der Waals surface area contributed by atoms with Gasteiger partial charge in [-0.25, -0.2) is 9.97 Å². The fourth-order valence-corrected chi connectivity index (χ4v) is 1.38. The number of carbonyl (C=O) groups is 1. The van der Waals surface area contributed by atoms with Crippen molar-refractivity contribution in [1.29, 1.82) is 0 Å². The van der Waals surface area contributed by atoms with Crippen LogP contribution in [0.1, 0.15) is 42.1 Å².